The molecule has 4 nitrogen and oxygen atoms in total. The Kier molecular flexibility index (Phi) is 7.72. The van der Waals surface area contributed by atoms with Crippen LogP contribution < -0.4 is 15.4 Å². The molecule has 0 bridgehead atoms. The molecule has 0 saturated carbocycles. The van der Waals surface area contributed by atoms with Gasteiger partial charge in [0.1, 0.15) is 0 Å². The van der Waals surface area contributed by atoms with Crippen molar-refractivity contribution in [3.05, 3.63) is 23.8 Å². The number of halogens is 3. The summed E-state index contributed by atoms with van der Waals surface area (Å²) in [5.41, 5.74) is 0.110. The summed E-state index contributed by atoms with van der Waals surface area (Å²) in [4.78, 5) is 12.0. The van der Waals surface area contributed by atoms with Gasteiger partial charge in [0.2, 0.25) is 5.91 Å². The molecule has 1 amide bonds. The maximum Gasteiger partial charge on any atom is 0.224 e. The summed E-state index contributed by atoms with van der Waals surface area (Å²) in [6.07, 6.45) is 2.46. The summed E-state index contributed by atoms with van der Waals surface area (Å²) in [7, 11) is 1.19. The predicted octanol–water partition coefficient (Wildman–Crippen LogP) is 3.36. The van der Waals surface area contributed by atoms with E-state index in [0.717, 1.165) is 38.1 Å². The van der Waals surface area contributed by atoms with Crippen LogP contribution >= 0.6 is 12.4 Å². The smallest absolute Gasteiger partial charge is 0.224 e. The molecule has 1 heterocycles. The fourth-order valence-corrected chi connectivity index (χ4v) is 2.91. The SMILES string of the molecule is COc1c(F)cc(NC(=O)CC(C)C2CCNCC2)cc1F.Cl. The van der Waals surface area contributed by atoms with Crippen molar-refractivity contribution < 1.29 is 18.3 Å². The number of methoxy groups -OCH3 is 1. The Bertz CT molecular complexity index is 514. The first kappa shape index (κ1) is 19.6. The minimum Gasteiger partial charge on any atom is -0.491 e. The van der Waals surface area contributed by atoms with E-state index in [-0.39, 0.29) is 29.9 Å². The summed E-state index contributed by atoms with van der Waals surface area (Å²) >= 11 is 0. The van der Waals surface area contributed by atoms with Crippen LogP contribution in [0.15, 0.2) is 12.1 Å². The van der Waals surface area contributed by atoms with E-state index in [4.69, 9.17) is 0 Å². The van der Waals surface area contributed by atoms with Gasteiger partial charge in [0.25, 0.3) is 0 Å². The van der Waals surface area contributed by atoms with Crippen LogP contribution in [0, 0.1) is 23.5 Å². The highest BCUT2D eigenvalue weighted by atomic mass is 35.5. The fourth-order valence-electron chi connectivity index (χ4n) is 2.91. The van der Waals surface area contributed by atoms with Gasteiger partial charge in [-0.15, -0.1) is 12.4 Å². The number of hydrogen-bond donors (Lipinski definition) is 2. The molecule has 2 rings (SSSR count). The Morgan fingerprint density at radius 3 is 2.43 bits per heavy atom. The molecule has 1 atom stereocenters. The molecule has 130 valence electrons. The first-order chi connectivity index (χ1) is 10.5. The monoisotopic (exact) mass is 348 g/mol. The highest BCUT2D eigenvalue weighted by Gasteiger charge is 2.22. The summed E-state index contributed by atoms with van der Waals surface area (Å²) in [6.45, 7) is 4.00. The second-order valence-electron chi connectivity index (χ2n) is 5.79. The summed E-state index contributed by atoms with van der Waals surface area (Å²) in [5, 5.41) is 5.85. The minimum atomic E-state index is -0.829. The van der Waals surface area contributed by atoms with E-state index in [0.29, 0.717) is 12.3 Å². The molecular weight excluding hydrogens is 326 g/mol. The van der Waals surface area contributed by atoms with Gasteiger partial charge < -0.3 is 15.4 Å². The molecule has 2 N–H and O–H groups in total. The lowest BCUT2D eigenvalue weighted by Crippen LogP contribution is -2.32. The summed E-state index contributed by atoms with van der Waals surface area (Å²) in [5.74, 6) is -1.57. The molecule has 0 radical (unpaired) electrons. The molecule has 1 aliphatic heterocycles. The van der Waals surface area contributed by atoms with Crippen LogP contribution in [0.3, 0.4) is 0 Å². The van der Waals surface area contributed by atoms with E-state index < -0.39 is 17.4 Å². The summed E-state index contributed by atoms with van der Waals surface area (Å²) < 4.78 is 31.8. The lowest BCUT2D eigenvalue weighted by atomic mass is 9.84. The zero-order chi connectivity index (χ0) is 16.1. The van der Waals surface area contributed by atoms with Gasteiger partial charge in [-0.2, -0.15) is 0 Å². The molecule has 1 unspecified atom stereocenters. The van der Waals surface area contributed by atoms with Gasteiger partial charge in [-0.1, -0.05) is 6.92 Å². The molecule has 23 heavy (non-hydrogen) atoms. The van der Waals surface area contributed by atoms with Gasteiger partial charge in [0.15, 0.2) is 17.4 Å². The van der Waals surface area contributed by atoms with Gasteiger partial charge in [0.05, 0.1) is 7.11 Å². The highest BCUT2D eigenvalue weighted by Crippen LogP contribution is 2.27. The number of amides is 1. The third kappa shape index (κ3) is 5.32. The Hall–Kier alpha value is -1.40. The number of benzene rings is 1. The quantitative estimate of drug-likeness (QED) is 0.858. The highest BCUT2D eigenvalue weighted by molar-refractivity contribution is 5.90. The van der Waals surface area contributed by atoms with Crippen molar-refractivity contribution in [2.24, 2.45) is 11.8 Å². The van der Waals surface area contributed by atoms with E-state index in [1.807, 2.05) is 6.92 Å². The van der Waals surface area contributed by atoms with Crippen molar-refractivity contribution in [2.45, 2.75) is 26.2 Å². The zero-order valence-corrected chi connectivity index (χ0v) is 14.1. The minimum absolute atomic E-state index is 0. The number of piperidine rings is 1. The van der Waals surface area contributed by atoms with Gasteiger partial charge in [-0.05, 0) is 37.8 Å². The second-order valence-corrected chi connectivity index (χ2v) is 5.79. The van der Waals surface area contributed by atoms with Crippen molar-refractivity contribution in [2.75, 3.05) is 25.5 Å². The molecule has 1 fully saturated rings. The molecule has 1 aromatic rings. The first-order valence-electron chi connectivity index (χ1n) is 7.55. The Labute approximate surface area is 141 Å². The number of hydrogen-bond acceptors (Lipinski definition) is 3. The van der Waals surface area contributed by atoms with Crippen LogP contribution in [0.2, 0.25) is 0 Å². The lowest BCUT2D eigenvalue weighted by Gasteiger charge is -2.27. The van der Waals surface area contributed by atoms with Crippen LogP contribution in [0.5, 0.6) is 5.75 Å². The Balaban J connectivity index is 0.00000264. The summed E-state index contributed by atoms with van der Waals surface area (Å²) in [6, 6.07) is 2.13. The number of carbonyl (C=O) groups excluding carboxylic acids is 1. The van der Waals surface area contributed by atoms with Crippen LogP contribution in [0.1, 0.15) is 26.2 Å². The van der Waals surface area contributed by atoms with Crippen LogP contribution in [0.25, 0.3) is 0 Å². The fraction of sp³-hybridized carbons (Fsp3) is 0.562. The first-order valence-corrected chi connectivity index (χ1v) is 7.55. The van der Waals surface area contributed by atoms with E-state index in [1.54, 1.807) is 0 Å². The molecule has 1 aromatic carbocycles. The third-order valence-corrected chi connectivity index (χ3v) is 4.18. The average molecular weight is 349 g/mol. The predicted molar refractivity (Wildman–Crippen MR) is 88.2 cm³/mol. The van der Waals surface area contributed by atoms with Crippen LogP contribution in [-0.2, 0) is 4.79 Å². The van der Waals surface area contributed by atoms with Crippen molar-refractivity contribution in [3.8, 4) is 5.75 Å². The average Bonchev–Trinajstić information content (AvgIpc) is 2.47. The van der Waals surface area contributed by atoms with Gasteiger partial charge >= 0.3 is 0 Å². The maximum atomic E-state index is 13.6. The van der Waals surface area contributed by atoms with Crippen LogP contribution in [-0.4, -0.2) is 26.1 Å². The Morgan fingerprint density at radius 2 is 1.91 bits per heavy atom. The number of rotatable bonds is 5. The molecule has 0 spiro atoms. The maximum absolute atomic E-state index is 13.6. The molecule has 0 aromatic heterocycles. The normalized spacial score (nSPS) is 16.3. The largest absolute Gasteiger partial charge is 0.491 e. The standard InChI is InChI=1S/C16H22F2N2O2.ClH/c1-10(11-3-5-19-6-4-11)7-15(21)20-12-8-13(17)16(22-2)14(18)9-12;/h8-11,19H,3-7H2,1-2H3,(H,20,21);1H. The molecule has 1 saturated heterocycles. The number of nitrogens with one attached hydrogen (secondary N) is 2. The lowest BCUT2D eigenvalue weighted by molar-refractivity contribution is -0.117. The van der Waals surface area contributed by atoms with Gasteiger partial charge in [-0.3, -0.25) is 4.79 Å². The van der Waals surface area contributed by atoms with Crippen LogP contribution in [0.4, 0.5) is 14.5 Å². The van der Waals surface area contributed by atoms with Crippen molar-refractivity contribution >= 4 is 24.0 Å². The van der Waals surface area contributed by atoms with Crippen molar-refractivity contribution in [3.63, 3.8) is 0 Å². The van der Waals surface area contributed by atoms with Gasteiger partial charge in [0, 0.05) is 24.2 Å². The van der Waals surface area contributed by atoms with E-state index >= 15 is 0 Å². The van der Waals surface area contributed by atoms with Crippen molar-refractivity contribution in [1.29, 1.82) is 0 Å². The van der Waals surface area contributed by atoms with Gasteiger partial charge in [-0.25, -0.2) is 8.78 Å². The number of carbonyl (C=O) groups is 1. The molecule has 7 heteroatoms. The second kappa shape index (κ2) is 9.03. The topological polar surface area (TPSA) is 50.4 Å². The molecule has 0 aliphatic carbocycles. The Morgan fingerprint density at radius 1 is 1.35 bits per heavy atom. The zero-order valence-electron chi connectivity index (χ0n) is 13.3. The third-order valence-electron chi connectivity index (χ3n) is 4.18. The molecule has 1 aliphatic rings. The van der Waals surface area contributed by atoms with E-state index in [2.05, 4.69) is 15.4 Å². The van der Waals surface area contributed by atoms with E-state index in [9.17, 15) is 13.6 Å². The van der Waals surface area contributed by atoms with Crippen molar-refractivity contribution in [1.82, 2.24) is 5.32 Å². The number of anilines is 1. The number of ether oxygens (including phenoxy) is 1. The molecular formula is C16H23ClF2N2O2. The van der Waals surface area contributed by atoms with E-state index in [1.165, 1.54) is 7.11 Å².